The molecule has 1 rings (SSSR count). The van der Waals surface area contributed by atoms with Crippen LogP contribution in [0.25, 0.3) is 0 Å². The van der Waals surface area contributed by atoms with Crippen LogP contribution in [0, 0.1) is 0 Å². The van der Waals surface area contributed by atoms with Gasteiger partial charge in [-0.1, -0.05) is 6.07 Å². The van der Waals surface area contributed by atoms with Crippen LogP contribution in [0.3, 0.4) is 0 Å². The minimum absolute atomic E-state index is 0. The largest absolute Gasteiger partial charge is 0.330 e. The highest BCUT2D eigenvalue weighted by molar-refractivity contribution is 9.10. The Labute approximate surface area is 98.8 Å². The van der Waals surface area contributed by atoms with E-state index in [0.29, 0.717) is 6.54 Å². The van der Waals surface area contributed by atoms with Crippen LogP contribution in [0.5, 0.6) is 0 Å². The summed E-state index contributed by atoms with van der Waals surface area (Å²) in [6.07, 6.45) is 1.83. The predicted molar refractivity (Wildman–Crippen MR) is 64.4 cm³/mol. The molecule has 0 spiro atoms. The van der Waals surface area contributed by atoms with Crippen molar-refractivity contribution in [3.05, 3.63) is 28.5 Å². The van der Waals surface area contributed by atoms with Crippen molar-refractivity contribution in [2.24, 2.45) is 11.5 Å². The van der Waals surface area contributed by atoms with E-state index in [9.17, 15) is 0 Å². The minimum Gasteiger partial charge on any atom is -0.330 e. The summed E-state index contributed by atoms with van der Waals surface area (Å²) in [6, 6.07) is 5.76. The lowest BCUT2D eigenvalue weighted by atomic mass is 10.1. The molecule has 0 aliphatic rings. The maximum Gasteiger partial charge on any atom is 0.106 e. The molecule has 1 aromatic rings. The third kappa shape index (κ3) is 4.37. The molecule has 0 saturated heterocycles. The van der Waals surface area contributed by atoms with Gasteiger partial charge in [0.2, 0.25) is 0 Å². The van der Waals surface area contributed by atoms with Crippen LogP contribution in [0.2, 0.25) is 0 Å². The van der Waals surface area contributed by atoms with Crippen molar-refractivity contribution < 1.29 is 0 Å². The lowest BCUT2D eigenvalue weighted by Crippen LogP contribution is -2.13. The second-order valence-corrected chi connectivity index (χ2v) is 3.74. The topological polar surface area (TPSA) is 64.9 Å². The Kier molecular flexibility index (Phi) is 7.09. The highest BCUT2D eigenvalue weighted by Gasteiger charge is 2.06. The van der Waals surface area contributed by atoms with Crippen LogP contribution in [-0.4, -0.2) is 11.5 Å². The van der Waals surface area contributed by atoms with Crippen LogP contribution in [0.15, 0.2) is 22.8 Å². The average Bonchev–Trinajstić information content (AvgIpc) is 2.14. The second-order valence-electron chi connectivity index (χ2n) is 2.92. The van der Waals surface area contributed by atoms with E-state index in [-0.39, 0.29) is 18.4 Å². The van der Waals surface area contributed by atoms with Gasteiger partial charge in [0, 0.05) is 6.04 Å². The number of halogens is 2. The molecule has 1 heterocycles. The van der Waals surface area contributed by atoms with Gasteiger partial charge in [-0.2, -0.15) is 0 Å². The van der Waals surface area contributed by atoms with Crippen molar-refractivity contribution in [2.75, 3.05) is 6.54 Å². The van der Waals surface area contributed by atoms with Crippen molar-refractivity contribution in [1.29, 1.82) is 0 Å². The van der Waals surface area contributed by atoms with Gasteiger partial charge >= 0.3 is 0 Å². The molecule has 0 aromatic carbocycles. The summed E-state index contributed by atoms with van der Waals surface area (Å²) in [6.45, 7) is 0.682. The maximum atomic E-state index is 5.91. The lowest BCUT2D eigenvalue weighted by Gasteiger charge is -2.09. The number of rotatable bonds is 4. The van der Waals surface area contributed by atoms with Crippen LogP contribution in [-0.2, 0) is 0 Å². The molecule has 0 amide bonds. The van der Waals surface area contributed by atoms with E-state index in [1.807, 2.05) is 18.2 Å². The molecular weight excluding hydrogens is 265 g/mol. The van der Waals surface area contributed by atoms with Gasteiger partial charge in [0.25, 0.3) is 0 Å². The van der Waals surface area contributed by atoms with Crippen molar-refractivity contribution in [3.8, 4) is 0 Å². The highest BCUT2D eigenvalue weighted by atomic mass is 79.9. The van der Waals surface area contributed by atoms with Gasteiger partial charge in [-0.15, -0.1) is 12.4 Å². The number of nitrogens with two attached hydrogens (primary N) is 2. The Morgan fingerprint density at radius 1 is 1.43 bits per heavy atom. The smallest absolute Gasteiger partial charge is 0.106 e. The van der Waals surface area contributed by atoms with Gasteiger partial charge in [-0.3, -0.25) is 0 Å². The fourth-order valence-corrected chi connectivity index (χ4v) is 1.47. The summed E-state index contributed by atoms with van der Waals surface area (Å²) >= 11 is 3.31. The van der Waals surface area contributed by atoms with Crippen molar-refractivity contribution in [2.45, 2.75) is 18.9 Å². The van der Waals surface area contributed by atoms with Crippen LogP contribution in [0.4, 0.5) is 0 Å². The summed E-state index contributed by atoms with van der Waals surface area (Å²) in [5.41, 5.74) is 12.2. The molecule has 4 N–H and O–H groups in total. The fourth-order valence-electron chi connectivity index (χ4n) is 1.12. The molecule has 14 heavy (non-hydrogen) atoms. The zero-order valence-corrected chi connectivity index (χ0v) is 10.2. The molecule has 0 fully saturated rings. The molecule has 5 heteroatoms. The van der Waals surface area contributed by atoms with Gasteiger partial charge in [0.05, 0.1) is 5.69 Å². The van der Waals surface area contributed by atoms with E-state index >= 15 is 0 Å². The Morgan fingerprint density at radius 3 is 2.71 bits per heavy atom. The van der Waals surface area contributed by atoms with E-state index in [1.165, 1.54) is 0 Å². The predicted octanol–water partition coefficient (Wildman–Crippen LogP) is 2.00. The Morgan fingerprint density at radius 2 is 2.14 bits per heavy atom. The molecule has 0 radical (unpaired) electrons. The van der Waals surface area contributed by atoms with Crippen molar-refractivity contribution in [3.63, 3.8) is 0 Å². The monoisotopic (exact) mass is 279 g/mol. The van der Waals surface area contributed by atoms with E-state index in [4.69, 9.17) is 11.5 Å². The standard InChI is InChI=1S/C9H14BrN3.ClH/c10-9-5-1-4-8(13-9)7(12)3-2-6-11;/h1,4-5,7H,2-3,6,11-12H2;1H/t7-;/m0./s1. The number of hydrogen-bond acceptors (Lipinski definition) is 3. The van der Waals surface area contributed by atoms with Crippen LogP contribution >= 0.6 is 28.3 Å². The number of hydrogen-bond donors (Lipinski definition) is 2. The maximum absolute atomic E-state index is 5.91. The average molecular weight is 281 g/mol. The summed E-state index contributed by atoms with van der Waals surface area (Å²) in [5.74, 6) is 0. The Balaban J connectivity index is 0.00000169. The molecule has 0 saturated carbocycles. The van der Waals surface area contributed by atoms with E-state index < -0.39 is 0 Å². The molecule has 80 valence electrons. The fraction of sp³-hybridized carbons (Fsp3) is 0.444. The quantitative estimate of drug-likeness (QED) is 0.829. The summed E-state index contributed by atoms with van der Waals surface area (Å²) in [4.78, 5) is 4.28. The molecule has 1 aromatic heterocycles. The number of nitrogens with zero attached hydrogens (tertiary/aromatic N) is 1. The SMILES string of the molecule is Cl.NCCC[C@H](N)c1cccc(Br)n1. The van der Waals surface area contributed by atoms with Gasteiger partial charge in [-0.05, 0) is 47.4 Å². The van der Waals surface area contributed by atoms with Gasteiger partial charge in [0.15, 0.2) is 0 Å². The molecule has 0 unspecified atom stereocenters. The highest BCUT2D eigenvalue weighted by Crippen LogP contribution is 2.15. The number of pyridine rings is 1. The van der Waals surface area contributed by atoms with Crippen molar-refractivity contribution in [1.82, 2.24) is 4.98 Å². The van der Waals surface area contributed by atoms with Crippen LogP contribution < -0.4 is 11.5 Å². The first kappa shape index (κ1) is 13.8. The third-order valence-electron chi connectivity index (χ3n) is 1.84. The molecule has 0 aliphatic carbocycles. The first-order valence-electron chi connectivity index (χ1n) is 4.32. The first-order chi connectivity index (χ1) is 6.24. The Hall–Kier alpha value is -0.160. The van der Waals surface area contributed by atoms with E-state index in [1.54, 1.807) is 0 Å². The Bertz CT molecular complexity index is 270. The van der Waals surface area contributed by atoms with E-state index in [2.05, 4.69) is 20.9 Å². The minimum atomic E-state index is 0. The zero-order chi connectivity index (χ0) is 9.68. The molecule has 0 aliphatic heterocycles. The summed E-state index contributed by atoms with van der Waals surface area (Å²) in [5, 5.41) is 0. The molecule has 3 nitrogen and oxygen atoms in total. The third-order valence-corrected chi connectivity index (χ3v) is 2.28. The summed E-state index contributed by atoms with van der Waals surface area (Å²) < 4.78 is 0.827. The zero-order valence-electron chi connectivity index (χ0n) is 7.82. The lowest BCUT2D eigenvalue weighted by molar-refractivity contribution is 0.603. The van der Waals surface area contributed by atoms with Gasteiger partial charge < -0.3 is 11.5 Å². The summed E-state index contributed by atoms with van der Waals surface area (Å²) in [7, 11) is 0. The first-order valence-corrected chi connectivity index (χ1v) is 5.11. The van der Waals surface area contributed by atoms with Gasteiger partial charge in [0.1, 0.15) is 4.60 Å². The van der Waals surface area contributed by atoms with Gasteiger partial charge in [-0.25, -0.2) is 4.98 Å². The molecular formula is C9H15BrClN3. The van der Waals surface area contributed by atoms with Crippen molar-refractivity contribution >= 4 is 28.3 Å². The number of aromatic nitrogens is 1. The normalized spacial score (nSPS) is 11.9. The van der Waals surface area contributed by atoms with Crippen LogP contribution in [0.1, 0.15) is 24.6 Å². The molecule has 1 atom stereocenters. The van der Waals surface area contributed by atoms with E-state index in [0.717, 1.165) is 23.1 Å². The molecule has 0 bridgehead atoms. The second kappa shape index (κ2) is 7.17.